The second kappa shape index (κ2) is 6.61. The van der Waals surface area contributed by atoms with Crippen molar-refractivity contribution in [2.24, 2.45) is 0 Å². The van der Waals surface area contributed by atoms with E-state index in [4.69, 9.17) is 0 Å². The maximum atomic E-state index is 12.1. The number of rotatable bonds is 4. The monoisotopic (exact) mass is 286 g/mol. The lowest BCUT2D eigenvalue weighted by Crippen LogP contribution is -2.56. The minimum atomic E-state index is -1.02. The van der Waals surface area contributed by atoms with Crippen LogP contribution >= 0.6 is 11.8 Å². The maximum Gasteiger partial charge on any atom is 0.329 e. The molecule has 108 valence electrons. The second-order valence-corrected chi connectivity index (χ2v) is 6.58. The van der Waals surface area contributed by atoms with Crippen molar-refractivity contribution in [2.75, 3.05) is 18.1 Å². The molecule has 2 rings (SSSR count). The molecule has 1 saturated carbocycles. The number of hydrogen-bond acceptors (Lipinski definition) is 4. The molecule has 3 N–H and O–H groups in total. The van der Waals surface area contributed by atoms with Crippen LogP contribution in [0.2, 0.25) is 0 Å². The Morgan fingerprint density at radius 3 is 2.63 bits per heavy atom. The Labute approximate surface area is 117 Å². The predicted molar refractivity (Wildman–Crippen MR) is 75.3 cm³/mol. The molecule has 5 nitrogen and oxygen atoms in total. The summed E-state index contributed by atoms with van der Waals surface area (Å²) in [6, 6.07) is 0.174. The summed E-state index contributed by atoms with van der Waals surface area (Å²) in [5, 5.41) is 15.5. The van der Waals surface area contributed by atoms with Crippen LogP contribution in [0.3, 0.4) is 0 Å². The summed E-state index contributed by atoms with van der Waals surface area (Å²) in [6.45, 7) is 0.923. The third-order valence-electron chi connectivity index (χ3n) is 3.93. The highest BCUT2D eigenvalue weighted by atomic mass is 32.2. The smallest absolute Gasteiger partial charge is 0.329 e. The predicted octanol–water partition coefficient (Wildman–Crippen LogP) is 0.985. The van der Waals surface area contributed by atoms with Crippen molar-refractivity contribution < 1.29 is 14.7 Å². The number of thioether (sulfide) groups is 1. The molecule has 1 amide bonds. The van der Waals surface area contributed by atoms with Gasteiger partial charge in [0.25, 0.3) is 0 Å². The fraction of sp³-hybridized carbons (Fsp3) is 0.846. The third kappa shape index (κ3) is 3.86. The standard InChI is InChI=1S/C13H22N2O3S/c16-11(8-10-9-19-7-6-14-10)15-13(12(17)18)4-2-1-3-5-13/h10,14H,1-9H2,(H,15,16)(H,17,18). The lowest BCUT2D eigenvalue weighted by molar-refractivity contribution is -0.149. The molecule has 1 unspecified atom stereocenters. The van der Waals surface area contributed by atoms with Gasteiger partial charge in [0.15, 0.2) is 0 Å². The van der Waals surface area contributed by atoms with Crippen LogP contribution in [0.4, 0.5) is 0 Å². The van der Waals surface area contributed by atoms with Crippen molar-refractivity contribution >= 4 is 23.6 Å². The van der Waals surface area contributed by atoms with E-state index in [0.717, 1.165) is 37.3 Å². The fourth-order valence-corrected chi connectivity index (χ4v) is 3.79. The van der Waals surface area contributed by atoms with Gasteiger partial charge in [-0.2, -0.15) is 11.8 Å². The van der Waals surface area contributed by atoms with E-state index in [2.05, 4.69) is 10.6 Å². The zero-order chi connectivity index (χ0) is 13.7. The zero-order valence-corrected chi connectivity index (χ0v) is 11.9. The van der Waals surface area contributed by atoms with Gasteiger partial charge in [0, 0.05) is 30.5 Å². The first-order valence-corrected chi connectivity index (χ1v) is 8.13. The molecule has 1 aliphatic carbocycles. The van der Waals surface area contributed by atoms with Crippen molar-refractivity contribution in [1.82, 2.24) is 10.6 Å². The molecule has 0 radical (unpaired) electrons. The highest BCUT2D eigenvalue weighted by Crippen LogP contribution is 2.28. The van der Waals surface area contributed by atoms with E-state index in [1.54, 1.807) is 0 Å². The van der Waals surface area contributed by atoms with Crippen LogP contribution in [0.1, 0.15) is 38.5 Å². The number of amides is 1. The van der Waals surface area contributed by atoms with Crippen LogP contribution in [-0.4, -0.2) is 46.6 Å². The number of carbonyl (C=O) groups excluding carboxylic acids is 1. The summed E-state index contributed by atoms with van der Waals surface area (Å²) in [5.41, 5.74) is -1.02. The van der Waals surface area contributed by atoms with Gasteiger partial charge < -0.3 is 15.7 Å². The molecule has 19 heavy (non-hydrogen) atoms. The van der Waals surface area contributed by atoms with Gasteiger partial charge in [-0.25, -0.2) is 4.79 Å². The molecule has 0 aromatic carbocycles. The van der Waals surface area contributed by atoms with Crippen LogP contribution in [0.25, 0.3) is 0 Å². The van der Waals surface area contributed by atoms with Gasteiger partial charge in [-0.1, -0.05) is 19.3 Å². The normalized spacial score (nSPS) is 26.6. The minimum absolute atomic E-state index is 0.135. The third-order valence-corrected chi connectivity index (χ3v) is 5.06. The average molecular weight is 286 g/mol. The first-order valence-electron chi connectivity index (χ1n) is 6.98. The fourth-order valence-electron chi connectivity index (χ4n) is 2.84. The Hall–Kier alpha value is -0.750. The van der Waals surface area contributed by atoms with E-state index in [0.29, 0.717) is 19.3 Å². The minimum Gasteiger partial charge on any atom is -0.480 e. The van der Waals surface area contributed by atoms with E-state index in [-0.39, 0.29) is 11.9 Å². The van der Waals surface area contributed by atoms with Crippen molar-refractivity contribution in [3.05, 3.63) is 0 Å². The number of aliphatic carboxylic acids is 1. The van der Waals surface area contributed by atoms with Crippen molar-refractivity contribution in [2.45, 2.75) is 50.1 Å². The molecule has 1 aliphatic heterocycles. The van der Waals surface area contributed by atoms with Crippen LogP contribution in [0.15, 0.2) is 0 Å². The Morgan fingerprint density at radius 1 is 1.32 bits per heavy atom. The summed E-state index contributed by atoms with van der Waals surface area (Å²) in [5.74, 6) is 0.987. The highest BCUT2D eigenvalue weighted by Gasteiger charge is 2.41. The molecule has 0 spiro atoms. The number of carboxylic acids is 1. The average Bonchev–Trinajstić information content (AvgIpc) is 2.40. The van der Waals surface area contributed by atoms with Gasteiger partial charge in [0.05, 0.1) is 0 Å². The summed E-state index contributed by atoms with van der Waals surface area (Å²) in [4.78, 5) is 23.5. The molecule has 2 aliphatic rings. The lowest BCUT2D eigenvalue weighted by Gasteiger charge is -2.34. The van der Waals surface area contributed by atoms with Crippen LogP contribution < -0.4 is 10.6 Å². The van der Waals surface area contributed by atoms with E-state index >= 15 is 0 Å². The quantitative estimate of drug-likeness (QED) is 0.718. The summed E-state index contributed by atoms with van der Waals surface area (Å²) in [7, 11) is 0. The SMILES string of the molecule is O=C(CC1CSCCN1)NC1(C(=O)O)CCCCC1. The van der Waals surface area contributed by atoms with Crippen LogP contribution in [-0.2, 0) is 9.59 Å². The molecular formula is C13H22N2O3S. The summed E-state index contributed by atoms with van der Waals surface area (Å²) < 4.78 is 0. The van der Waals surface area contributed by atoms with E-state index < -0.39 is 11.5 Å². The zero-order valence-electron chi connectivity index (χ0n) is 11.1. The number of carboxylic acid groups (broad SMARTS) is 1. The molecule has 2 fully saturated rings. The molecule has 0 aromatic heterocycles. The first kappa shape index (κ1) is 14.7. The lowest BCUT2D eigenvalue weighted by atomic mass is 9.81. The van der Waals surface area contributed by atoms with E-state index in [1.165, 1.54) is 0 Å². The van der Waals surface area contributed by atoms with Crippen LogP contribution in [0.5, 0.6) is 0 Å². The Bertz CT molecular complexity index is 337. The van der Waals surface area contributed by atoms with Gasteiger partial charge >= 0.3 is 5.97 Å². The van der Waals surface area contributed by atoms with Gasteiger partial charge in [-0.15, -0.1) is 0 Å². The molecule has 1 heterocycles. The summed E-state index contributed by atoms with van der Waals surface area (Å²) >= 11 is 1.84. The topological polar surface area (TPSA) is 78.4 Å². The molecule has 1 saturated heterocycles. The van der Waals surface area contributed by atoms with Gasteiger partial charge in [0.2, 0.25) is 5.91 Å². The van der Waals surface area contributed by atoms with Gasteiger partial charge in [0.1, 0.15) is 5.54 Å². The van der Waals surface area contributed by atoms with E-state index in [9.17, 15) is 14.7 Å². The Kier molecular flexibility index (Phi) is 5.10. The number of nitrogens with one attached hydrogen (secondary N) is 2. The number of hydrogen-bond donors (Lipinski definition) is 3. The molecule has 0 aromatic rings. The maximum absolute atomic E-state index is 12.1. The molecular weight excluding hydrogens is 264 g/mol. The van der Waals surface area contributed by atoms with Gasteiger partial charge in [-0.05, 0) is 12.8 Å². The molecule has 6 heteroatoms. The Balaban J connectivity index is 1.89. The number of carbonyl (C=O) groups is 2. The summed E-state index contributed by atoms with van der Waals surface area (Å²) in [6.07, 6.45) is 4.31. The van der Waals surface area contributed by atoms with E-state index in [1.807, 2.05) is 11.8 Å². The van der Waals surface area contributed by atoms with Crippen molar-refractivity contribution in [3.8, 4) is 0 Å². The first-order chi connectivity index (χ1) is 9.12. The highest BCUT2D eigenvalue weighted by molar-refractivity contribution is 7.99. The van der Waals surface area contributed by atoms with Crippen molar-refractivity contribution in [3.63, 3.8) is 0 Å². The Morgan fingerprint density at radius 2 is 2.05 bits per heavy atom. The van der Waals surface area contributed by atoms with Gasteiger partial charge in [-0.3, -0.25) is 4.79 Å². The van der Waals surface area contributed by atoms with Crippen molar-refractivity contribution in [1.29, 1.82) is 0 Å². The molecule has 0 bridgehead atoms. The molecule has 1 atom stereocenters. The largest absolute Gasteiger partial charge is 0.480 e. The second-order valence-electron chi connectivity index (χ2n) is 5.43. The van der Waals surface area contributed by atoms with Crippen LogP contribution in [0, 0.1) is 0 Å².